The number of ether oxygens (including phenoxy) is 1. The molecule has 1 aliphatic heterocycles. The van der Waals surface area contributed by atoms with E-state index in [1.54, 1.807) is 6.92 Å². The smallest absolute Gasteiger partial charge is 0.343 e. The van der Waals surface area contributed by atoms with E-state index in [1.165, 1.54) is 24.3 Å². The summed E-state index contributed by atoms with van der Waals surface area (Å²) in [4.78, 5) is 23.8. The molecule has 4 nitrogen and oxygen atoms in total. The summed E-state index contributed by atoms with van der Waals surface area (Å²) < 4.78 is 24.2. The second-order valence-corrected chi connectivity index (χ2v) is 5.20. The Labute approximate surface area is 124 Å². The number of aryl methyl sites for hydroxylation is 1. The number of halogens is 2. The zero-order valence-electron chi connectivity index (χ0n) is 11.0. The summed E-state index contributed by atoms with van der Waals surface area (Å²) in [5, 5.41) is 0.153. The van der Waals surface area contributed by atoms with Gasteiger partial charge < -0.3 is 9.15 Å². The highest BCUT2D eigenvalue weighted by Gasteiger charge is 2.35. The average molecular weight is 309 g/mol. The van der Waals surface area contributed by atoms with Crippen LogP contribution in [-0.4, -0.2) is 5.97 Å². The van der Waals surface area contributed by atoms with Crippen molar-refractivity contribution < 1.29 is 18.3 Å². The molecule has 2 aromatic rings. The number of hydrogen-bond donors (Lipinski definition) is 0. The van der Waals surface area contributed by atoms with E-state index >= 15 is 0 Å². The van der Waals surface area contributed by atoms with Crippen molar-refractivity contribution in [3.8, 4) is 5.75 Å². The molecule has 0 saturated heterocycles. The minimum atomic E-state index is -0.813. The van der Waals surface area contributed by atoms with Gasteiger partial charge in [-0.25, -0.2) is 9.18 Å². The van der Waals surface area contributed by atoms with Gasteiger partial charge in [0.15, 0.2) is 0 Å². The number of benzene rings is 1. The van der Waals surface area contributed by atoms with Gasteiger partial charge >= 0.3 is 11.6 Å². The molecule has 0 radical (unpaired) electrons. The molecule has 0 bridgehead atoms. The minimum Gasteiger partial charge on any atom is -0.428 e. The molecule has 1 aliphatic rings. The maximum Gasteiger partial charge on any atom is 0.343 e. The van der Waals surface area contributed by atoms with E-state index in [4.69, 9.17) is 20.8 Å². The molecule has 1 aromatic heterocycles. The van der Waals surface area contributed by atoms with Crippen LogP contribution in [0.3, 0.4) is 0 Å². The van der Waals surface area contributed by atoms with Gasteiger partial charge in [-0.3, -0.25) is 4.79 Å². The van der Waals surface area contributed by atoms with Crippen LogP contribution in [0.4, 0.5) is 4.39 Å². The Morgan fingerprint density at radius 3 is 2.76 bits per heavy atom. The van der Waals surface area contributed by atoms with Crippen LogP contribution in [0.5, 0.6) is 5.75 Å². The van der Waals surface area contributed by atoms with Gasteiger partial charge in [-0.05, 0) is 19.1 Å². The van der Waals surface area contributed by atoms with E-state index < -0.39 is 23.3 Å². The standard InChI is InChI=1S/C15H10ClFO4/c1-7-5-11-14(15(19)20-7)8(6-12(18)21-11)13-9(16)3-2-4-10(13)17/h2-5,8H,6H2,1H3/t8-/m0/s1. The zero-order chi connectivity index (χ0) is 15.1. The first-order valence-corrected chi connectivity index (χ1v) is 6.64. The number of hydrogen-bond acceptors (Lipinski definition) is 4. The molecule has 6 heteroatoms. The second kappa shape index (κ2) is 5.00. The molecule has 0 N–H and O–H groups in total. The first-order chi connectivity index (χ1) is 9.97. The predicted octanol–water partition coefficient (Wildman–Crippen LogP) is 3.18. The van der Waals surface area contributed by atoms with Crippen LogP contribution in [0.25, 0.3) is 0 Å². The molecule has 0 fully saturated rings. The van der Waals surface area contributed by atoms with E-state index in [2.05, 4.69) is 0 Å². The van der Waals surface area contributed by atoms with Crippen LogP contribution < -0.4 is 10.4 Å². The molecular formula is C15H10ClFO4. The topological polar surface area (TPSA) is 56.5 Å². The molecule has 108 valence electrons. The van der Waals surface area contributed by atoms with Crippen molar-refractivity contribution >= 4 is 17.6 Å². The van der Waals surface area contributed by atoms with Crippen LogP contribution >= 0.6 is 11.6 Å². The summed E-state index contributed by atoms with van der Waals surface area (Å²) >= 11 is 6.04. The lowest BCUT2D eigenvalue weighted by molar-refractivity contribution is -0.135. The fourth-order valence-electron chi connectivity index (χ4n) is 2.52. The van der Waals surface area contributed by atoms with Crippen molar-refractivity contribution in [2.75, 3.05) is 0 Å². The lowest BCUT2D eigenvalue weighted by Gasteiger charge is -2.24. The number of rotatable bonds is 1. The van der Waals surface area contributed by atoms with Crippen molar-refractivity contribution in [1.82, 2.24) is 0 Å². The third-order valence-electron chi connectivity index (χ3n) is 3.36. The maximum absolute atomic E-state index is 14.1. The minimum absolute atomic E-state index is 0.101. The highest BCUT2D eigenvalue weighted by atomic mass is 35.5. The Kier molecular flexibility index (Phi) is 3.29. The molecule has 0 spiro atoms. The van der Waals surface area contributed by atoms with E-state index in [-0.39, 0.29) is 28.3 Å². The molecule has 1 aromatic carbocycles. The molecule has 0 amide bonds. The quantitative estimate of drug-likeness (QED) is 0.759. The van der Waals surface area contributed by atoms with Crippen molar-refractivity contribution in [1.29, 1.82) is 0 Å². The Morgan fingerprint density at radius 1 is 1.29 bits per heavy atom. The van der Waals surface area contributed by atoms with Gasteiger partial charge in [-0.15, -0.1) is 0 Å². The third kappa shape index (κ3) is 2.34. The van der Waals surface area contributed by atoms with Gasteiger partial charge in [0.1, 0.15) is 17.3 Å². The molecular weight excluding hydrogens is 299 g/mol. The van der Waals surface area contributed by atoms with Crippen molar-refractivity contribution in [2.24, 2.45) is 0 Å². The lowest BCUT2D eigenvalue weighted by Crippen LogP contribution is -2.27. The maximum atomic E-state index is 14.1. The predicted molar refractivity (Wildman–Crippen MR) is 73.2 cm³/mol. The van der Waals surface area contributed by atoms with Crippen LogP contribution in [0.15, 0.2) is 33.5 Å². The molecule has 3 rings (SSSR count). The highest BCUT2D eigenvalue weighted by molar-refractivity contribution is 6.31. The fraction of sp³-hybridized carbons (Fsp3) is 0.200. The summed E-state index contributed by atoms with van der Waals surface area (Å²) in [5.41, 5.74) is -0.428. The Balaban J connectivity index is 2.27. The SMILES string of the molecule is Cc1cc2c(c(=O)o1)[C@H](c1c(F)cccc1Cl)CC(=O)O2. The van der Waals surface area contributed by atoms with Gasteiger partial charge in [0, 0.05) is 22.6 Å². The van der Waals surface area contributed by atoms with Gasteiger partial charge in [-0.1, -0.05) is 17.7 Å². The number of carbonyl (C=O) groups is 1. The average Bonchev–Trinajstić information content (AvgIpc) is 2.36. The number of fused-ring (bicyclic) bond motifs is 1. The second-order valence-electron chi connectivity index (χ2n) is 4.79. The van der Waals surface area contributed by atoms with Gasteiger partial charge in [0.2, 0.25) is 0 Å². The van der Waals surface area contributed by atoms with E-state index in [1.807, 2.05) is 0 Å². The lowest BCUT2D eigenvalue weighted by atomic mass is 9.87. The molecule has 1 atom stereocenters. The van der Waals surface area contributed by atoms with E-state index in [9.17, 15) is 14.0 Å². The fourth-order valence-corrected chi connectivity index (χ4v) is 2.81. The first kappa shape index (κ1) is 13.8. The monoisotopic (exact) mass is 308 g/mol. The zero-order valence-corrected chi connectivity index (χ0v) is 11.7. The normalized spacial score (nSPS) is 17.3. The van der Waals surface area contributed by atoms with Crippen molar-refractivity contribution in [2.45, 2.75) is 19.3 Å². The first-order valence-electron chi connectivity index (χ1n) is 6.26. The summed E-state index contributed by atoms with van der Waals surface area (Å²) in [6.45, 7) is 1.56. The summed E-state index contributed by atoms with van der Waals surface area (Å²) in [6, 6.07) is 5.64. The molecule has 2 heterocycles. The number of esters is 1. The van der Waals surface area contributed by atoms with Crippen molar-refractivity contribution in [3.05, 3.63) is 62.4 Å². The molecule has 0 aliphatic carbocycles. The molecule has 0 unspecified atom stereocenters. The van der Waals surface area contributed by atoms with Crippen LogP contribution in [0.1, 0.15) is 29.2 Å². The Bertz CT molecular complexity index is 776. The summed E-state index contributed by atoms with van der Waals surface area (Å²) in [7, 11) is 0. The van der Waals surface area contributed by atoms with Crippen LogP contribution in [0.2, 0.25) is 5.02 Å². The number of carbonyl (C=O) groups excluding carboxylic acids is 1. The van der Waals surface area contributed by atoms with Crippen molar-refractivity contribution in [3.63, 3.8) is 0 Å². The van der Waals surface area contributed by atoms with Gasteiger partial charge in [0.25, 0.3) is 0 Å². The molecule has 21 heavy (non-hydrogen) atoms. The van der Waals surface area contributed by atoms with Gasteiger partial charge in [0.05, 0.1) is 12.0 Å². The largest absolute Gasteiger partial charge is 0.428 e. The summed E-state index contributed by atoms with van der Waals surface area (Å²) in [6.07, 6.45) is -0.165. The highest BCUT2D eigenvalue weighted by Crippen LogP contribution is 2.40. The van der Waals surface area contributed by atoms with Crippen LogP contribution in [0, 0.1) is 12.7 Å². The summed E-state index contributed by atoms with van der Waals surface area (Å²) in [5.74, 6) is -1.52. The van der Waals surface area contributed by atoms with Crippen LogP contribution in [-0.2, 0) is 4.79 Å². The Hall–Kier alpha value is -2.14. The third-order valence-corrected chi connectivity index (χ3v) is 3.69. The Morgan fingerprint density at radius 2 is 2.05 bits per heavy atom. The van der Waals surface area contributed by atoms with Gasteiger partial charge in [-0.2, -0.15) is 0 Å². The van der Waals surface area contributed by atoms with E-state index in [0.29, 0.717) is 5.76 Å². The van der Waals surface area contributed by atoms with E-state index in [0.717, 1.165) is 0 Å². The molecule has 0 saturated carbocycles.